The van der Waals surface area contributed by atoms with E-state index in [0.29, 0.717) is 6.54 Å². The average Bonchev–Trinajstić information content (AvgIpc) is 2.33. The van der Waals surface area contributed by atoms with E-state index in [1.807, 2.05) is 7.05 Å². The van der Waals surface area contributed by atoms with Gasteiger partial charge in [-0.25, -0.2) is 8.78 Å². The predicted octanol–water partition coefficient (Wildman–Crippen LogP) is 2.38. The highest BCUT2D eigenvalue weighted by atomic mass is 19.1. The lowest BCUT2D eigenvalue weighted by Crippen LogP contribution is -2.40. The molecule has 0 radical (unpaired) electrons. The molecule has 1 heterocycles. The summed E-state index contributed by atoms with van der Waals surface area (Å²) in [7, 11) is 1.94. The molecular weight excluding hydrogens is 256 g/mol. The van der Waals surface area contributed by atoms with Gasteiger partial charge in [-0.05, 0) is 26.4 Å². The molecule has 2 rings (SSSR count). The van der Waals surface area contributed by atoms with E-state index >= 15 is 0 Å². The average molecular weight is 271 g/mol. The Labute approximate surface area is 109 Å². The lowest BCUT2D eigenvalue weighted by atomic mass is 10.1. The van der Waals surface area contributed by atoms with Crippen LogP contribution in [0.4, 0.5) is 20.2 Å². The van der Waals surface area contributed by atoms with Gasteiger partial charge in [-0.15, -0.1) is 0 Å². The molecule has 1 saturated heterocycles. The van der Waals surface area contributed by atoms with E-state index in [9.17, 15) is 18.9 Å². The first kappa shape index (κ1) is 13.7. The normalized spacial score (nSPS) is 20.3. The molecule has 0 amide bonds. The lowest BCUT2D eigenvalue weighted by Gasteiger charge is -2.31. The number of halogens is 2. The molecule has 0 aromatic heterocycles. The minimum absolute atomic E-state index is 0.0517. The Bertz CT molecular complexity index is 473. The Morgan fingerprint density at radius 1 is 1.42 bits per heavy atom. The first-order valence-electron chi connectivity index (χ1n) is 6.06. The minimum Gasteiger partial charge on any atom is -0.376 e. The number of nitro benzene ring substituents is 1. The Kier molecular flexibility index (Phi) is 3.94. The molecule has 1 N–H and O–H groups in total. The Balaban J connectivity index is 2.18. The summed E-state index contributed by atoms with van der Waals surface area (Å²) in [4.78, 5) is 11.8. The molecule has 1 aromatic rings. The van der Waals surface area contributed by atoms with Gasteiger partial charge in [0.1, 0.15) is 5.69 Å². The fourth-order valence-corrected chi connectivity index (χ4v) is 2.29. The Hall–Kier alpha value is -1.76. The number of hydrogen-bond donors (Lipinski definition) is 1. The molecule has 0 spiro atoms. The summed E-state index contributed by atoms with van der Waals surface area (Å²) in [6, 6.07) is 1.42. The molecule has 1 aliphatic rings. The number of nitro groups is 1. The maximum absolute atomic E-state index is 13.7. The molecule has 19 heavy (non-hydrogen) atoms. The van der Waals surface area contributed by atoms with E-state index in [1.165, 1.54) is 0 Å². The zero-order chi connectivity index (χ0) is 14.0. The van der Waals surface area contributed by atoms with Crippen molar-refractivity contribution in [3.05, 3.63) is 33.9 Å². The highest BCUT2D eigenvalue weighted by Gasteiger charge is 2.22. The van der Waals surface area contributed by atoms with Gasteiger partial charge in [0, 0.05) is 12.6 Å². The summed E-state index contributed by atoms with van der Waals surface area (Å²) in [6.07, 6.45) is 1.77. The summed E-state index contributed by atoms with van der Waals surface area (Å²) in [5.41, 5.74) is -0.868. The van der Waals surface area contributed by atoms with Crippen molar-refractivity contribution in [3.63, 3.8) is 0 Å². The highest BCUT2D eigenvalue weighted by molar-refractivity contribution is 5.52. The number of nitrogens with zero attached hydrogens (tertiary/aromatic N) is 2. The van der Waals surface area contributed by atoms with Crippen LogP contribution in [0, 0.1) is 21.7 Å². The van der Waals surface area contributed by atoms with Gasteiger partial charge >= 0.3 is 0 Å². The van der Waals surface area contributed by atoms with Gasteiger partial charge in [-0.3, -0.25) is 10.1 Å². The molecule has 0 bridgehead atoms. The first-order chi connectivity index (χ1) is 8.97. The number of hydrogen-bond acceptors (Lipinski definition) is 4. The van der Waals surface area contributed by atoms with Crippen LogP contribution in [-0.2, 0) is 0 Å². The molecule has 7 heteroatoms. The Morgan fingerprint density at radius 3 is 2.58 bits per heavy atom. The van der Waals surface area contributed by atoms with Gasteiger partial charge in [-0.2, -0.15) is 0 Å². The number of rotatable bonds is 3. The SMILES string of the molecule is CN1CCCC(Nc2c(F)cc([N+](=O)[O-])cc2F)C1. The number of likely N-dealkylation sites (tertiary alicyclic amines) is 1. The van der Waals surface area contributed by atoms with E-state index in [2.05, 4.69) is 10.2 Å². The van der Waals surface area contributed by atoms with E-state index in [0.717, 1.165) is 31.5 Å². The molecule has 1 aromatic carbocycles. The fraction of sp³-hybridized carbons (Fsp3) is 0.500. The predicted molar refractivity (Wildman–Crippen MR) is 67.2 cm³/mol. The van der Waals surface area contributed by atoms with E-state index < -0.39 is 22.2 Å². The van der Waals surface area contributed by atoms with Crippen LogP contribution in [-0.4, -0.2) is 36.0 Å². The van der Waals surface area contributed by atoms with E-state index in [-0.39, 0.29) is 11.7 Å². The van der Waals surface area contributed by atoms with Crippen LogP contribution in [0.1, 0.15) is 12.8 Å². The largest absolute Gasteiger partial charge is 0.376 e. The van der Waals surface area contributed by atoms with Crippen molar-refractivity contribution in [2.45, 2.75) is 18.9 Å². The maximum atomic E-state index is 13.7. The van der Waals surface area contributed by atoms with Crippen molar-refractivity contribution in [1.29, 1.82) is 0 Å². The topological polar surface area (TPSA) is 58.4 Å². The summed E-state index contributed by atoms with van der Waals surface area (Å²) in [5.74, 6) is -1.86. The van der Waals surface area contributed by atoms with Crippen LogP contribution in [0.15, 0.2) is 12.1 Å². The number of likely N-dealkylation sites (N-methyl/N-ethyl adjacent to an activating group) is 1. The second-order valence-corrected chi connectivity index (χ2v) is 4.79. The Morgan fingerprint density at radius 2 is 2.05 bits per heavy atom. The summed E-state index contributed by atoms with van der Waals surface area (Å²) >= 11 is 0. The third kappa shape index (κ3) is 3.17. The van der Waals surface area contributed by atoms with Crippen LogP contribution >= 0.6 is 0 Å². The maximum Gasteiger partial charge on any atom is 0.275 e. The molecule has 104 valence electrons. The minimum atomic E-state index is -0.931. The quantitative estimate of drug-likeness (QED) is 0.677. The molecule has 1 fully saturated rings. The summed E-state index contributed by atoms with van der Waals surface area (Å²) in [5, 5.41) is 13.3. The molecule has 0 aliphatic carbocycles. The first-order valence-corrected chi connectivity index (χ1v) is 6.06. The molecule has 1 aliphatic heterocycles. The van der Waals surface area contributed by atoms with Crippen molar-refractivity contribution in [2.75, 3.05) is 25.5 Å². The fourth-order valence-electron chi connectivity index (χ4n) is 2.29. The summed E-state index contributed by atoms with van der Waals surface area (Å²) < 4.78 is 27.4. The van der Waals surface area contributed by atoms with Crippen molar-refractivity contribution < 1.29 is 13.7 Å². The molecule has 1 atom stereocenters. The van der Waals surface area contributed by atoms with Gasteiger partial charge in [0.15, 0.2) is 11.6 Å². The van der Waals surface area contributed by atoms with Crippen LogP contribution in [0.2, 0.25) is 0 Å². The third-order valence-corrected chi connectivity index (χ3v) is 3.21. The highest BCUT2D eigenvalue weighted by Crippen LogP contribution is 2.26. The summed E-state index contributed by atoms with van der Waals surface area (Å²) in [6.45, 7) is 1.65. The zero-order valence-electron chi connectivity index (χ0n) is 10.5. The van der Waals surface area contributed by atoms with Gasteiger partial charge < -0.3 is 10.2 Å². The molecule has 1 unspecified atom stereocenters. The van der Waals surface area contributed by atoms with Crippen molar-refractivity contribution in [2.24, 2.45) is 0 Å². The monoisotopic (exact) mass is 271 g/mol. The van der Waals surface area contributed by atoms with Crippen LogP contribution in [0.5, 0.6) is 0 Å². The molecular formula is C12H15F2N3O2. The van der Waals surface area contributed by atoms with Crippen LogP contribution in [0.25, 0.3) is 0 Å². The van der Waals surface area contributed by atoms with Gasteiger partial charge in [0.25, 0.3) is 5.69 Å². The number of benzene rings is 1. The van der Waals surface area contributed by atoms with Gasteiger partial charge in [-0.1, -0.05) is 0 Å². The zero-order valence-corrected chi connectivity index (χ0v) is 10.5. The molecule has 0 saturated carbocycles. The second kappa shape index (κ2) is 5.48. The van der Waals surface area contributed by atoms with Crippen LogP contribution in [0.3, 0.4) is 0 Å². The smallest absolute Gasteiger partial charge is 0.275 e. The number of non-ortho nitro benzene ring substituents is 1. The standard InChI is InChI=1S/C12H15F2N3O2/c1-16-4-2-3-8(7-16)15-12-10(13)5-9(17(18)19)6-11(12)14/h5-6,8,15H,2-4,7H2,1H3. The second-order valence-electron chi connectivity index (χ2n) is 4.79. The van der Waals surface area contributed by atoms with E-state index in [4.69, 9.17) is 0 Å². The number of anilines is 1. The van der Waals surface area contributed by atoms with Crippen LogP contribution < -0.4 is 5.32 Å². The third-order valence-electron chi connectivity index (χ3n) is 3.21. The lowest BCUT2D eigenvalue weighted by molar-refractivity contribution is -0.385. The number of nitrogens with one attached hydrogen (secondary N) is 1. The van der Waals surface area contributed by atoms with Crippen molar-refractivity contribution >= 4 is 11.4 Å². The van der Waals surface area contributed by atoms with Gasteiger partial charge in [0.05, 0.1) is 17.1 Å². The van der Waals surface area contributed by atoms with Crippen molar-refractivity contribution in [3.8, 4) is 0 Å². The van der Waals surface area contributed by atoms with E-state index in [1.54, 1.807) is 0 Å². The number of piperidine rings is 1. The van der Waals surface area contributed by atoms with Crippen molar-refractivity contribution in [1.82, 2.24) is 4.90 Å². The molecule has 5 nitrogen and oxygen atoms in total. The van der Waals surface area contributed by atoms with Gasteiger partial charge in [0.2, 0.25) is 0 Å².